The molecule has 0 amide bonds. The van der Waals surface area contributed by atoms with Gasteiger partial charge in [-0.3, -0.25) is 4.79 Å². The summed E-state index contributed by atoms with van der Waals surface area (Å²) >= 11 is 0. The second-order valence-corrected chi connectivity index (χ2v) is 4.18. The van der Waals surface area contributed by atoms with E-state index in [1.54, 1.807) is 20.0 Å². The number of aryl methyl sites for hydroxylation is 2. The van der Waals surface area contributed by atoms with Gasteiger partial charge in [0.15, 0.2) is 0 Å². The van der Waals surface area contributed by atoms with Crippen molar-refractivity contribution in [3.05, 3.63) is 45.4 Å². The topological polar surface area (TPSA) is 59.2 Å². The molecule has 0 spiro atoms. The largest absolute Gasteiger partial charge is 0.462 e. The molecule has 0 saturated carbocycles. The Hall–Kier alpha value is -2.10. The van der Waals surface area contributed by atoms with Crippen LogP contribution in [0.2, 0.25) is 0 Å². The summed E-state index contributed by atoms with van der Waals surface area (Å²) in [4.78, 5) is 26.4. The van der Waals surface area contributed by atoms with Crippen LogP contribution in [-0.4, -0.2) is 17.6 Å². The molecule has 0 unspecified atom stereocenters. The summed E-state index contributed by atoms with van der Waals surface area (Å²) in [5, 5.41) is 1.38. The molecule has 0 fully saturated rings. The van der Waals surface area contributed by atoms with Crippen molar-refractivity contribution < 1.29 is 9.53 Å². The van der Waals surface area contributed by atoms with E-state index in [4.69, 9.17) is 4.74 Å². The van der Waals surface area contributed by atoms with Crippen LogP contribution in [-0.2, 0) is 4.74 Å². The van der Waals surface area contributed by atoms with Gasteiger partial charge in [0, 0.05) is 6.20 Å². The number of pyridine rings is 1. The molecule has 0 aliphatic rings. The second-order valence-electron chi connectivity index (χ2n) is 4.18. The molecule has 0 aliphatic heterocycles. The Morgan fingerprint density at radius 2 is 2.11 bits per heavy atom. The standard InChI is InChI=1S/C14H15NO3/c1-4-18-14(17)11-8(2)7-10-5-6-15-13(16)12(10)9(11)3/h5-7H,4H2,1-3H3,(H,15,16). The number of rotatable bonds is 2. The molecular formula is C14H15NO3. The van der Waals surface area contributed by atoms with Gasteiger partial charge in [0.1, 0.15) is 0 Å². The Labute approximate surface area is 105 Å². The van der Waals surface area contributed by atoms with E-state index in [-0.39, 0.29) is 11.5 Å². The number of aromatic amines is 1. The number of aromatic nitrogens is 1. The van der Waals surface area contributed by atoms with E-state index in [9.17, 15) is 9.59 Å². The van der Waals surface area contributed by atoms with Crippen molar-refractivity contribution >= 4 is 16.7 Å². The minimum Gasteiger partial charge on any atom is -0.462 e. The van der Waals surface area contributed by atoms with E-state index in [2.05, 4.69) is 4.98 Å². The number of H-pyrrole nitrogens is 1. The van der Waals surface area contributed by atoms with Crippen LogP contribution in [0, 0.1) is 13.8 Å². The van der Waals surface area contributed by atoms with Crippen LogP contribution < -0.4 is 5.56 Å². The lowest BCUT2D eigenvalue weighted by molar-refractivity contribution is 0.0525. The van der Waals surface area contributed by atoms with E-state index in [0.717, 1.165) is 10.9 Å². The van der Waals surface area contributed by atoms with Gasteiger partial charge in [-0.1, -0.05) is 6.07 Å². The van der Waals surface area contributed by atoms with Crippen molar-refractivity contribution in [3.63, 3.8) is 0 Å². The number of esters is 1. The first-order valence-electron chi connectivity index (χ1n) is 5.85. The van der Waals surface area contributed by atoms with E-state index in [1.165, 1.54) is 0 Å². The summed E-state index contributed by atoms with van der Waals surface area (Å²) in [5.41, 5.74) is 1.80. The number of fused-ring (bicyclic) bond motifs is 1. The second kappa shape index (κ2) is 4.64. The lowest BCUT2D eigenvalue weighted by Crippen LogP contribution is -2.13. The smallest absolute Gasteiger partial charge is 0.338 e. The first kappa shape index (κ1) is 12.4. The molecule has 0 atom stereocenters. The molecule has 1 heterocycles. The highest BCUT2D eigenvalue weighted by atomic mass is 16.5. The molecule has 0 aliphatic carbocycles. The molecule has 4 nitrogen and oxygen atoms in total. The molecule has 4 heteroatoms. The Bertz CT molecular complexity index is 671. The maximum atomic E-state index is 11.9. The zero-order chi connectivity index (χ0) is 13.3. The Kier molecular flexibility index (Phi) is 3.19. The van der Waals surface area contributed by atoms with Crippen molar-refractivity contribution in [2.75, 3.05) is 6.61 Å². The summed E-state index contributed by atoms with van der Waals surface area (Å²) in [7, 11) is 0. The molecule has 1 aromatic heterocycles. The van der Waals surface area contributed by atoms with Crippen molar-refractivity contribution in [1.29, 1.82) is 0 Å². The highest BCUT2D eigenvalue weighted by molar-refractivity contribution is 5.99. The van der Waals surface area contributed by atoms with E-state index in [0.29, 0.717) is 23.1 Å². The molecule has 1 N–H and O–H groups in total. The fraction of sp³-hybridized carbons (Fsp3) is 0.286. The quantitative estimate of drug-likeness (QED) is 0.826. The molecule has 0 bridgehead atoms. The van der Waals surface area contributed by atoms with Gasteiger partial charge in [-0.05, 0) is 43.4 Å². The van der Waals surface area contributed by atoms with Gasteiger partial charge in [0.25, 0.3) is 5.56 Å². The fourth-order valence-electron chi connectivity index (χ4n) is 2.24. The number of benzene rings is 1. The fourth-order valence-corrected chi connectivity index (χ4v) is 2.24. The third-order valence-electron chi connectivity index (χ3n) is 2.99. The van der Waals surface area contributed by atoms with Crippen LogP contribution in [0.25, 0.3) is 10.8 Å². The van der Waals surface area contributed by atoms with Gasteiger partial charge in [-0.2, -0.15) is 0 Å². The van der Waals surface area contributed by atoms with Gasteiger partial charge >= 0.3 is 5.97 Å². The van der Waals surface area contributed by atoms with Crippen molar-refractivity contribution in [2.24, 2.45) is 0 Å². The molecule has 1 aromatic carbocycles. The first-order valence-corrected chi connectivity index (χ1v) is 5.85. The average Bonchev–Trinajstić information content (AvgIpc) is 2.28. The minimum absolute atomic E-state index is 0.185. The van der Waals surface area contributed by atoms with Crippen LogP contribution in [0.3, 0.4) is 0 Å². The lowest BCUT2D eigenvalue weighted by Gasteiger charge is -2.11. The predicted octanol–water partition coefficient (Wildman–Crippen LogP) is 2.32. The summed E-state index contributed by atoms with van der Waals surface area (Å²) < 4.78 is 5.03. The zero-order valence-electron chi connectivity index (χ0n) is 10.7. The van der Waals surface area contributed by atoms with E-state index >= 15 is 0 Å². The molecule has 18 heavy (non-hydrogen) atoms. The maximum absolute atomic E-state index is 11.9. The number of nitrogens with one attached hydrogen (secondary N) is 1. The van der Waals surface area contributed by atoms with Crippen LogP contribution in [0.15, 0.2) is 23.1 Å². The van der Waals surface area contributed by atoms with Crippen molar-refractivity contribution in [3.8, 4) is 0 Å². The monoisotopic (exact) mass is 245 g/mol. The van der Waals surface area contributed by atoms with Gasteiger partial charge in [0.05, 0.1) is 17.6 Å². The molecule has 2 rings (SSSR count). The summed E-state index contributed by atoms with van der Waals surface area (Å²) in [5.74, 6) is -0.377. The number of carbonyl (C=O) groups excluding carboxylic acids is 1. The SMILES string of the molecule is CCOC(=O)c1c(C)cc2cc[nH]c(=O)c2c1C. The van der Waals surface area contributed by atoms with Gasteiger partial charge in [-0.15, -0.1) is 0 Å². The number of hydrogen-bond acceptors (Lipinski definition) is 3. The average molecular weight is 245 g/mol. The van der Waals surface area contributed by atoms with E-state index < -0.39 is 0 Å². The van der Waals surface area contributed by atoms with Crippen LogP contribution in [0.1, 0.15) is 28.4 Å². The van der Waals surface area contributed by atoms with Gasteiger partial charge in [0.2, 0.25) is 0 Å². The number of ether oxygens (including phenoxy) is 1. The molecule has 2 aromatic rings. The van der Waals surface area contributed by atoms with Crippen LogP contribution >= 0.6 is 0 Å². The van der Waals surface area contributed by atoms with Crippen molar-refractivity contribution in [2.45, 2.75) is 20.8 Å². The highest BCUT2D eigenvalue weighted by Crippen LogP contribution is 2.23. The van der Waals surface area contributed by atoms with Crippen molar-refractivity contribution in [1.82, 2.24) is 4.98 Å². The third kappa shape index (κ3) is 1.90. The highest BCUT2D eigenvalue weighted by Gasteiger charge is 2.17. The first-order chi connectivity index (χ1) is 8.56. The van der Waals surface area contributed by atoms with Gasteiger partial charge < -0.3 is 9.72 Å². The summed E-state index contributed by atoms with van der Waals surface area (Å²) in [6, 6.07) is 3.66. The zero-order valence-corrected chi connectivity index (χ0v) is 10.7. The van der Waals surface area contributed by atoms with E-state index in [1.807, 2.05) is 19.1 Å². The normalized spacial score (nSPS) is 10.6. The Balaban J connectivity index is 2.80. The summed E-state index contributed by atoms with van der Waals surface area (Å²) in [6.07, 6.45) is 1.60. The number of hydrogen-bond donors (Lipinski definition) is 1. The van der Waals surface area contributed by atoms with Crippen LogP contribution in [0.5, 0.6) is 0 Å². The Morgan fingerprint density at radius 3 is 2.78 bits per heavy atom. The molecule has 94 valence electrons. The summed E-state index contributed by atoms with van der Waals surface area (Å²) in [6.45, 7) is 5.70. The molecule has 0 saturated heterocycles. The minimum atomic E-state index is -0.377. The third-order valence-corrected chi connectivity index (χ3v) is 2.99. The van der Waals surface area contributed by atoms with Gasteiger partial charge in [-0.25, -0.2) is 4.79 Å². The van der Waals surface area contributed by atoms with Crippen LogP contribution in [0.4, 0.5) is 0 Å². The predicted molar refractivity (Wildman–Crippen MR) is 70.0 cm³/mol. The lowest BCUT2D eigenvalue weighted by atomic mass is 9.97. The Morgan fingerprint density at radius 1 is 1.39 bits per heavy atom. The number of carbonyl (C=O) groups is 1. The molecule has 0 radical (unpaired) electrons. The molecular weight excluding hydrogens is 230 g/mol. The maximum Gasteiger partial charge on any atom is 0.338 e.